The van der Waals surface area contributed by atoms with Crippen molar-refractivity contribution in [1.82, 2.24) is 20.9 Å². The van der Waals surface area contributed by atoms with E-state index < -0.39 is 6.04 Å². The summed E-state index contributed by atoms with van der Waals surface area (Å²) in [5.41, 5.74) is 2.84. The van der Waals surface area contributed by atoms with Gasteiger partial charge in [-0.1, -0.05) is 17.2 Å². The minimum absolute atomic E-state index is 0. The molecule has 1 aromatic carbocycles. The molecule has 2 fully saturated rings. The zero-order valence-corrected chi connectivity index (χ0v) is 18.3. The number of ketones is 1. The molecule has 2 heterocycles. The summed E-state index contributed by atoms with van der Waals surface area (Å²) in [5.74, 6) is 0.0481. The van der Waals surface area contributed by atoms with E-state index in [0.717, 1.165) is 43.6 Å². The van der Waals surface area contributed by atoms with Crippen LogP contribution in [0.25, 0.3) is 0 Å². The Bertz CT molecular complexity index is 645. The highest BCUT2D eigenvalue weighted by Gasteiger charge is 2.32. The van der Waals surface area contributed by atoms with Crippen molar-refractivity contribution in [2.75, 3.05) is 39.3 Å². The van der Waals surface area contributed by atoms with E-state index in [1.54, 1.807) is 4.90 Å². The second-order valence-electron chi connectivity index (χ2n) is 7.45. The van der Waals surface area contributed by atoms with E-state index in [1.165, 1.54) is 0 Å². The highest BCUT2D eigenvalue weighted by molar-refractivity contribution is 6.02. The molecule has 8 heteroatoms. The number of hydrogen-bond acceptors (Lipinski definition) is 5. The van der Waals surface area contributed by atoms with E-state index >= 15 is 0 Å². The quantitative estimate of drug-likeness (QED) is 0.616. The molecule has 0 radical (unpaired) electrons. The van der Waals surface area contributed by atoms with Crippen molar-refractivity contribution in [3.8, 4) is 0 Å². The Balaban J connectivity index is 0.00000196. The topological polar surface area (TPSA) is 73.5 Å². The van der Waals surface area contributed by atoms with E-state index in [0.29, 0.717) is 31.2 Å². The monoisotopic (exact) mass is 430 g/mol. The number of carbonyl (C=O) groups is 2. The van der Waals surface area contributed by atoms with Gasteiger partial charge in [0.25, 0.3) is 0 Å². The lowest BCUT2D eigenvalue weighted by Crippen LogP contribution is -2.59. The summed E-state index contributed by atoms with van der Waals surface area (Å²) in [5, 5.41) is 9.96. The summed E-state index contributed by atoms with van der Waals surface area (Å²) < 4.78 is 0. The van der Waals surface area contributed by atoms with Crippen LogP contribution < -0.4 is 16.0 Å². The first-order chi connectivity index (χ1) is 12.5. The number of piperazine rings is 1. The summed E-state index contributed by atoms with van der Waals surface area (Å²) in [6, 6.07) is 5.85. The largest absolute Gasteiger partial charge is 0.329 e. The Morgan fingerprint density at radius 3 is 2.32 bits per heavy atom. The smallest absolute Gasteiger partial charge is 0.237 e. The molecule has 1 aromatic rings. The van der Waals surface area contributed by atoms with Crippen molar-refractivity contribution in [3.05, 3.63) is 34.9 Å². The molecule has 6 nitrogen and oxygen atoms in total. The Labute approximate surface area is 180 Å². The number of benzene rings is 1. The number of nitrogens with zero attached hydrogens (tertiary/aromatic N) is 1. The predicted octanol–water partition coefficient (Wildman–Crippen LogP) is 1.47. The van der Waals surface area contributed by atoms with E-state index in [-0.39, 0.29) is 36.5 Å². The van der Waals surface area contributed by atoms with Gasteiger partial charge in [0.15, 0.2) is 5.78 Å². The normalized spacial score (nSPS) is 20.1. The summed E-state index contributed by atoms with van der Waals surface area (Å²) >= 11 is 0. The molecular weight excluding hydrogens is 399 g/mol. The average Bonchev–Trinajstić information content (AvgIpc) is 2.65. The average molecular weight is 431 g/mol. The predicted molar refractivity (Wildman–Crippen MR) is 117 cm³/mol. The van der Waals surface area contributed by atoms with Gasteiger partial charge < -0.3 is 20.9 Å². The molecule has 0 spiro atoms. The van der Waals surface area contributed by atoms with Crippen molar-refractivity contribution >= 4 is 36.5 Å². The zero-order valence-electron chi connectivity index (χ0n) is 16.6. The number of rotatable bonds is 5. The number of piperidine rings is 1. The van der Waals surface area contributed by atoms with Gasteiger partial charge in [-0.15, -0.1) is 24.8 Å². The van der Waals surface area contributed by atoms with Gasteiger partial charge in [0.2, 0.25) is 5.91 Å². The number of aryl methyl sites for hydroxylation is 2. The maximum Gasteiger partial charge on any atom is 0.237 e. The molecule has 1 atom stereocenters. The van der Waals surface area contributed by atoms with Gasteiger partial charge in [-0.25, -0.2) is 0 Å². The summed E-state index contributed by atoms with van der Waals surface area (Å²) in [4.78, 5) is 27.6. The molecule has 2 aliphatic heterocycles. The van der Waals surface area contributed by atoms with Crippen LogP contribution in [0.4, 0.5) is 0 Å². The number of carbonyl (C=O) groups excluding carboxylic acids is 2. The third-order valence-electron chi connectivity index (χ3n) is 5.25. The van der Waals surface area contributed by atoms with Crippen molar-refractivity contribution in [2.45, 2.75) is 38.8 Å². The molecule has 0 saturated carbocycles. The second kappa shape index (κ2) is 11.7. The van der Waals surface area contributed by atoms with Crippen LogP contribution in [0.1, 0.15) is 34.3 Å². The van der Waals surface area contributed by atoms with Crippen LogP contribution in [0, 0.1) is 13.8 Å². The highest BCUT2D eigenvalue weighted by atomic mass is 35.5. The Morgan fingerprint density at radius 1 is 1.04 bits per heavy atom. The van der Waals surface area contributed by atoms with Crippen LogP contribution in [0.15, 0.2) is 18.2 Å². The van der Waals surface area contributed by atoms with Gasteiger partial charge in [-0.05, 0) is 51.9 Å². The Kier molecular flexibility index (Phi) is 10.4. The molecule has 0 aliphatic carbocycles. The standard InChI is InChI=1S/C20H30N4O2.2ClH/c1-14-9-15(2)11-16(10-14)20(26)18-12-22-7-8-24(18)19(25)13-23-17-3-5-21-6-4-17;;/h9-11,17-18,21-23H,3-8,12-13H2,1-2H3;2*1H. The lowest BCUT2D eigenvalue weighted by atomic mass is 9.97. The minimum Gasteiger partial charge on any atom is -0.329 e. The first kappa shape index (κ1) is 24.9. The molecule has 1 amide bonds. The van der Waals surface area contributed by atoms with Crippen LogP contribution in [-0.4, -0.2) is 67.9 Å². The van der Waals surface area contributed by atoms with E-state index in [1.807, 2.05) is 26.0 Å². The fourth-order valence-electron chi connectivity index (χ4n) is 3.91. The van der Waals surface area contributed by atoms with Crippen molar-refractivity contribution in [2.24, 2.45) is 0 Å². The van der Waals surface area contributed by atoms with Gasteiger partial charge in [-0.2, -0.15) is 0 Å². The zero-order chi connectivity index (χ0) is 18.5. The summed E-state index contributed by atoms with van der Waals surface area (Å²) in [6.45, 7) is 8.11. The van der Waals surface area contributed by atoms with Crippen molar-refractivity contribution in [1.29, 1.82) is 0 Å². The number of nitrogens with one attached hydrogen (secondary N) is 3. The van der Waals surface area contributed by atoms with Crippen molar-refractivity contribution < 1.29 is 9.59 Å². The van der Waals surface area contributed by atoms with Gasteiger partial charge >= 0.3 is 0 Å². The summed E-state index contributed by atoms with van der Waals surface area (Å²) in [6.07, 6.45) is 2.08. The number of halogens is 2. The molecule has 1 unspecified atom stereocenters. The maximum absolute atomic E-state index is 13.1. The molecule has 158 valence electrons. The maximum atomic E-state index is 13.1. The van der Waals surface area contributed by atoms with E-state index in [9.17, 15) is 9.59 Å². The molecule has 0 bridgehead atoms. The van der Waals surface area contributed by atoms with Crippen molar-refractivity contribution in [3.63, 3.8) is 0 Å². The SMILES string of the molecule is Cc1cc(C)cc(C(=O)C2CNCCN2C(=O)CNC2CCNCC2)c1.Cl.Cl. The van der Waals surface area contributed by atoms with Gasteiger partial charge in [0.1, 0.15) is 6.04 Å². The van der Waals surface area contributed by atoms with E-state index in [4.69, 9.17) is 0 Å². The fraction of sp³-hybridized carbons (Fsp3) is 0.600. The third kappa shape index (κ3) is 6.42. The van der Waals surface area contributed by atoms with Crippen LogP contribution in [-0.2, 0) is 4.79 Å². The first-order valence-electron chi connectivity index (χ1n) is 9.61. The lowest BCUT2D eigenvalue weighted by Gasteiger charge is -2.36. The molecule has 2 saturated heterocycles. The number of hydrogen-bond donors (Lipinski definition) is 3. The van der Waals surface area contributed by atoms with Crippen LogP contribution in [0.2, 0.25) is 0 Å². The highest BCUT2D eigenvalue weighted by Crippen LogP contribution is 2.15. The Morgan fingerprint density at radius 2 is 1.68 bits per heavy atom. The second-order valence-corrected chi connectivity index (χ2v) is 7.45. The number of Topliss-reactive ketones (excluding diaryl/α,β-unsaturated/α-hetero) is 1. The molecule has 2 aliphatic rings. The first-order valence-corrected chi connectivity index (χ1v) is 9.61. The van der Waals surface area contributed by atoms with Crippen LogP contribution in [0.3, 0.4) is 0 Å². The van der Waals surface area contributed by atoms with Crippen LogP contribution >= 0.6 is 24.8 Å². The van der Waals surface area contributed by atoms with Crippen LogP contribution in [0.5, 0.6) is 0 Å². The molecule has 3 rings (SSSR count). The minimum atomic E-state index is -0.424. The van der Waals surface area contributed by atoms with Gasteiger partial charge in [0.05, 0.1) is 6.54 Å². The molecular formula is C20H32Cl2N4O2. The Hall–Kier alpha value is -1.18. The fourth-order valence-corrected chi connectivity index (χ4v) is 3.91. The molecule has 3 N–H and O–H groups in total. The third-order valence-corrected chi connectivity index (χ3v) is 5.25. The lowest BCUT2D eigenvalue weighted by molar-refractivity contribution is -0.132. The number of amides is 1. The van der Waals surface area contributed by atoms with Gasteiger partial charge in [0, 0.05) is 31.2 Å². The molecule has 0 aromatic heterocycles. The summed E-state index contributed by atoms with van der Waals surface area (Å²) in [7, 11) is 0. The van der Waals surface area contributed by atoms with Gasteiger partial charge in [-0.3, -0.25) is 9.59 Å². The van der Waals surface area contributed by atoms with E-state index in [2.05, 4.69) is 22.0 Å². The molecule has 28 heavy (non-hydrogen) atoms.